The van der Waals surface area contributed by atoms with E-state index < -0.39 is 48.2 Å². The van der Waals surface area contributed by atoms with Crippen molar-refractivity contribution in [1.82, 2.24) is 4.90 Å². The van der Waals surface area contributed by atoms with Crippen LogP contribution in [0, 0.1) is 25.7 Å². The number of hydrogen-bond donors (Lipinski definition) is 1. The predicted molar refractivity (Wildman–Crippen MR) is 154 cm³/mol. The molecule has 0 aromatic heterocycles. The number of rotatable bonds is 9. The first-order valence-electron chi connectivity index (χ1n) is 13.7. The molecule has 0 saturated carbocycles. The first-order valence-corrected chi connectivity index (χ1v) is 14.6. The molecule has 9 heteroatoms. The van der Waals surface area contributed by atoms with E-state index in [0.717, 1.165) is 16.8 Å². The standard InChI is InChI=1S/C31H35BrN2O6/c1-5-15-33(25-18(3)11-10-12-19(25)4)29(37)27-31-16-21(32)26(40-31)23(30(38)39-6-2)24(31)28(36)34(27)22(17-35)20-13-8-7-9-14-20/h5,7-14,21-24,26-27,35H,1,6,15-17H2,2-4H3/t21?,22-,23+,24-,26+,27+,31-/m1/s1. The van der Waals surface area contributed by atoms with Gasteiger partial charge in [-0.2, -0.15) is 0 Å². The Balaban J connectivity index is 1.69. The largest absolute Gasteiger partial charge is 0.466 e. The number of aryl methyl sites for hydroxylation is 2. The maximum absolute atomic E-state index is 14.9. The lowest BCUT2D eigenvalue weighted by Crippen LogP contribution is -2.57. The van der Waals surface area contributed by atoms with E-state index >= 15 is 0 Å². The van der Waals surface area contributed by atoms with Gasteiger partial charge in [0.25, 0.3) is 5.91 Å². The number of aliphatic hydroxyl groups excluding tert-OH is 1. The van der Waals surface area contributed by atoms with Gasteiger partial charge < -0.3 is 24.4 Å². The van der Waals surface area contributed by atoms with Crippen LogP contribution in [0.15, 0.2) is 61.2 Å². The minimum atomic E-state index is -1.28. The molecule has 2 bridgehead atoms. The highest BCUT2D eigenvalue weighted by Gasteiger charge is 2.77. The van der Waals surface area contributed by atoms with Gasteiger partial charge >= 0.3 is 5.97 Å². The van der Waals surface area contributed by atoms with Crippen LogP contribution < -0.4 is 4.90 Å². The zero-order valence-electron chi connectivity index (χ0n) is 23.0. The van der Waals surface area contributed by atoms with Gasteiger partial charge in [0.1, 0.15) is 11.6 Å². The molecular formula is C31H35BrN2O6. The molecule has 212 valence electrons. The topological polar surface area (TPSA) is 96.4 Å². The number of hydrogen-bond acceptors (Lipinski definition) is 6. The number of alkyl halides is 1. The molecule has 2 aromatic carbocycles. The summed E-state index contributed by atoms with van der Waals surface area (Å²) in [5, 5.41) is 10.7. The normalized spacial score (nSPS) is 29.3. The second kappa shape index (κ2) is 11.1. The summed E-state index contributed by atoms with van der Waals surface area (Å²) in [6, 6.07) is 13.1. The van der Waals surface area contributed by atoms with Gasteiger partial charge in [-0.1, -0.05) is 70.5 Å². The second-order valence-corrected chi connectivity index (χ2v) is 11.9. The quantitative estimate of drug-likeness (QED) is 0.263. The van der Waals surface area contributed by atoms with Crippen molar-refractivity contribution in [3.8, 4) is 0 Å². The van der Waals surface area contributed by atoms with Gasteiger partial charge in [-0.05, 0) is 43.9 Å². The average molecular weight is 612 g/mol. The van der Waals surface area contributed by atoms with E-state index in [9.17, 15) is 19.5 Å². The smallest absolute Gasteiger partial charge is 0.312 e. The fraction of sp³-hybridized carbons (Fsp3) is 0.452. The summed E-state index contributed by atoms with van der Waals surface area (Å²) in [5.74, 6) is -3.02. The lowest BCUT2D eigenvalue weighted by atomic mass is 9.70. The van der Waals surface area contributed by atoms with E-state index in [1.807, 2.05) is 62.4 Å². The summed E-state index contributed by atoms with van der Waals surface area (Å²) in [4.78, 5) is 45.5. The van der Waals surface area contributed by atoms with E-state index in [1.54, 1.807) is 17.9 Å². The van der Waals surface area contributed by atoms with Crippen LogP contribution in [0.3, 0.4) is 0 Å². The highest BCUT2D eigenvalue weighted by atomic mass is 79.9. The number of ether oxygens (including phenoxy) is 2. The molecule has 8 nitrogen and oxygen atoms in total. The van der Waals surface area contributed by atoms with Crippen molar-refractivity contribution in [1.29, 1.82) is 0 Å². The lowest BCUT2D eigenvalue weighted by Gasteiger charge is -2.40. The third kappa shape index (κ3) is 4.30. The molecule has 3 aliphatic rings. The van der Waals surface area contributed by atoms with Gasteiger partial charge in [0.2, 0.25) is 5.91 Å². The molecule has 3 aliphatic heterocycles. The maximum Gasteiger partial charge on any atom is 0.312 e. The third-order valence-electron chi connectivity index (χ3n) is 8.50. The summed E-state index contributed by atoms with van der Waals surface area (Å²) >= 11 is 3.68. The van der Waals surface area contributed by atoms with Crippen molar-refractivity contribution in [3.63, 3.8) is 0 Å². The number of fused-ring (bicyclic) bond motifs is 1. The Morgan fingerprint density at radius 2 is 1.90 bits per heavy atom. The van der Waals surface area contributed by atoms with Crippen molar-refractivity contribution in [2.45, 2.75) is 55.8 Å². The van der Waals surface area contributed by atoms with Gasteiger partial charge in [-0.3, -0.25) is 14.4 Å². The second-order valence-electron chi connectivity index (χ2n) is 10.7. The van der Waals surface area contributed by atoms with E-state index in [2.05, 4.69) is 22.5 Å². The number of carbonyl (C=O) groups is 3. The molecule has 2 aromatic rings. The minimum absolute atomic E-state index is 0.165. The summed E-state index contributed by atoms with van der Waals surface area (Å²) in [7, 11) is 0. The number of esters is 1. The van der Waals surface area contributed by atoms with Crippen LogP contribution >= 0.6 is 15.9 Å². The molecule has 2 amide bonds. The summed E-state index contributed by atoms with van der Waals surface area (Å²) < 4.78 is 12.0. The van der Waals surface area contributed by atoms with Gasteiger partial charge in [-0.25, -0.2) is 0 Å². The van der Waals surface area contributed by atoms with Crippen LogP contribution in [0.5, 0.6) is 0 Å². The highest BCUT2D eigenvalue weighted by Crippen LogP contribution is 2.61. The Morgan fingerprint density at radius 1 is 1.23 bits per heavy atom. The highest BCUT2D eigenvalue weighted by molar-refractivity contribution is 9.09. The number of halogens is 1. The molecule has 3 fully saturated rings. The summed E-state index contributed by atoms with van der Waals surface area (Å²) in [6.07, 6.45) is 1.41. The van der Waals surface area contributed by atoms with Crippen molar-refractivity contribution in [2.75, 3.05) is 24.7 Å². The molecular weight excluding hydrogens is 576 g/mol. The number of likely N-dealkylation sites (tertiary alicyclic amines) is 1. The average Bonchev–Trinajstić information content (AvgIpc) is 3.52. The van der Waals surface area contributed by atoms with Crippen LogP contribution in [0.1, 0.15) is 36.1 Å². The number of carbonyl (C=O) groups excluding carboxylic acids is 3. The monoisotopic (exact) mass is 610 g/mol. The zero-order chi connectivity index (χ0) is 28.8. The molecule has 40 heavy (non-hydrogen) atoms. The number of amides is 2. The fourth-order valence-corrected chi connectivity index (χ4v) is 7.96. The summed E-state index contributed by atoms with van der Waals surface area (Å²) in [5.41, 5.74) is 1.96. The van der Waals surface area contributed by atoms with Crippen molar-refractivity contribution < 1.29 is 29.0 Å². The van der Waals surface area contributed by atoms with Crippen molar-refractivity contribution in [3.05, 3.63) is 77.9 Å². The lowest BCUT2D eigenvalue weighted by molar-refractivity contribution is -0.155. The van der Waals surface area contributed by atoms with Crippen LogP contribution in [0.25, 0.3) is 0 Å². The number of nitrogens with zero attached hydrogens (tertiary/aromatic N) is 2. The first-order chi connectivity index (χ1) is 19.2. The van der Waals surface area contributed by atoms with Gasteiger partial charge in [0.15, 0.2) is 0 Å². The molecule has 0 aliphatic carbocycles. The Labute approximate surface area is 243 Å². The first kappa shape index (κ1) is 28.5. The van der Waals surface area contributed by atoms with Crippen molar-refractivity contribution in [2.24, 2.45) is 11.8 Å². The Bertz CT molecular complexity index is 1300. The van der Waals surface area contributed by atoms with E-state index in [4.69, 9.17) is 9.47 Å². The van der Waals surface area contributed by atoms with Crippen LogP contribution in [-0.4, -0.2) is 70.1 Å². The molecule has 7 atom stereocenters. The molecule has 0 radical (unpaired) electrons. The van der Waals surface area contributed by atoms with Crippen LogP contribution in [0.2, 0.25) is 0 Å². The Kier molecular flexibility index (Phi) is 7.92. The number of benzene rings is 2. The number of anilines is 1. The van der Waals surface area contributed by atoms with E-state index in [-0.39, 0.29) is 29.8 Å². The maximum atomic E-state index is 14.9. The molecule has 1 N–H and O–H groups in total. The molecule has 3 saturated heterocycles. The van der Waals surface area contributed by atoms with E-state index in [0.29, 0.717) is 12.0 Å². The van der Waals surface area contributed by atoms with Gasteiger partial charge in [-0.15, -0.1) is 6.58 Å². The van der Waals surface area contributed by atoms with Crippen LogP contribution in [-0.2, 0) is 23.9 Å². The molecule has 1 unspecified atom stereocenters. The molecule has 1 spiro atoms. The number of aliphatic hydroxyl groups is 1. The van der Waals surface area contributed by atoms with E-state index in [1.165, 1.54) is 4.90 Å². The third-order valence-corrected chi connectivity index (χ3v) is 9.34. The SMILES string of the molecule is C=CCN(C(=O)[C@@H]1N([C@H](CO)c2ccccc2)C(=O)[C@H]2[C@H](C(=O)OCC)[C@H]3O[C@@]12CC3Br)c1c(C)cccc1C. The Morgan fingerprint density at radius 3 is 2.50 bits per heavy atom. The number of para-hydroxylation sites is 1. The zero-order valence-corrected chi connectivity index (χ0v) is 24.5. The Hall–Kier alpha value is -3.01. The minimum Gasteiger partial charge on any atom is -0.466 e. The summed E-state index contributed by atoms with van der Waals surface area (Å²) in [6.45, 7) is 9.46. The fourth-order valence-electron chi connectivity index (χ4n) is 7.02. The van der Waals surface area contributed by atoms with Crippen molar-refractivity contribution >= 4 is 39.4 Å². The molecule has 5 rings (SSSR count). The van der Waals surface area contributed by atoms with Crippen LogP contribution in [0.4, 0.5) is 5.69 Å². The van der Waals surface area contributed by atoms with Gasteiger partial charge in [0.05, 0.1) is 37.2 Å². The molecule has 3 heterocycles. The van der Waals surface area contributed by atoms with Gasteiger partial charge in [0, 0.05) is 17.1 Å². The predicted octanol–water partition coefficient (Wildman–Crippen LogP) is 3.87.